The maximum Gasteiger partial charge on any atom is 0.214 e. The van der Waals surface area contributed by atoms with Gasteiger partial charge in [-0.1, -0.05) is 29.1 Å². The zero-order valence-corrected chi connectivity index (χ0v) is 14.5. The van der Waals surface area contributed by atoms with E-state index in [2.05, 4.69) is 40.6 Å². The van der Waals surface area contributed by atoms with Crippen molar-refractivity contribution >= 4 is 11.8 Å². The Kier molecular flexibility index (Phi) is 4.10. The zero-order chi connectivity index (χ0) is 17.2. The molecule has 0 fully saturated rings. The van der Waals surface area contributed by atoms with Gasteiger partial charge in [-0.15, -0.1) is 5.10 Å². The minimum Gasteiger partial charge on any atom is -0.461 e. The number of aromatic nitrogens is 5. The van der Waals surface area contributed by atoms with E-state index in [4.69, 9.17) is 8.94 Å². The number of hydrogen-bond donors (Lipinski definition) is 0. The van der Waals surface area contributed by atoms with Crippen molar-refractivity contribution in [2.24, 2.45) is 0 Å². The molecule has 0 unspecified atom stereocenters. The van der Waals surface area contributed by atoms with Crippen LogP contribution in [0.25, 0.3) is 17.2 Å². The fourth-order valence-electron chi connectivity index (χ4n) is 2.44. The molecular formula is C17H15N5O2S. The van der Waals surface area contributed by atoms with Crippen LogP contribution in [0.2, 0.25) is 0 Å². The highest BCUT2D eigenvalue weighted by molar-refractivity contribution is 7.98. The molecule has 0 aliphatic rings. The Bertz CT molecular complexity index is 990. The lowest BCUT2D eigenvalue weighted by Gasteiger charge is -2.09. The molecule has 8 heteroatoms. The molecule has 4 rings (SSSR count). The van der Waals surface area contributed by atoms with Gasteiger partial charge in [0.25, 0.3) is 0 Å². The van der Waals surface area contributed by atoms with Crippen LogP contribution in [0.3, 0.4) is 0 Å². The molecule has 4 aromatic rings. The predicted molar refractivity (Wildman–Crippen MR) is 92.4 cm³/mol. The van der Waals surface area contributed by atoms with Gasteiger partial charge < -0.3 is 8.94 Å². The smallest absolute Gasteiger partial charge is 0.214 e. The second-order valence-electron chi connectivity index (χ2n) is 5.54. The van der Waals surface area contributed by atoms with Gasteiger partial charge >= 0.3 is 0 Å². The molecule has 0 saturated carbocycles. The first kappa shape index (κ1) is 15.6. The van der Waals surface area contributed by atoms with Crippen LogP contribution in [0.5, 0.6) is 0 Å². The van der Waals surface area contributed by atoms with Crippen LogP contribution in [0.4, 0.5) is 0 Å². The van der Waals surface area contributed by atoms with Crippen molar-refractivity contribution in [2.45, 2.75) is 24.8 Å². The second-order valence-corrected chi connectivity index (χ2v) is 6.48. The van der Waals surface area contributed by atoms with Crippen molar-refractivity contribution in [3.8, 4) is 17.2 Å². The van der Waals surface area contributed by atoms with Crippen LogP contribution in [0, 0.1) is 13.8 Å². The van der Waals surface area contributed by atoms with E-state index in [1.54, 1.807) is 10.9 Å². The third kappa shape index (κ3) is 3.08. The van der Waals surface area contributed by atoms with Gasteiger partial charge in [0.05, 0.1) is 17.6 Å². The first-order valence-electron chi connectivity index (χ1n) is 7.69. The number of benzene rings is 1. The molecule has 0 saturated heterocycles. The highest BCUT2D eigenvalue weighted by Gasteiger charge is 2.14. The summed E-state index contributed by atoms with van der Waals surface area (Å²) in [5, 5.41) is 16.8. The minimum absolute atomic E-state index is 0.593. The Morgan fingerprint density at radius 3 is 2.88 bits per heavy atom. The Balaban J connectivity index is 1.53. The first-order valence-corrected chi connectivity index (χ1v) is 8.68. The lowest BCUT2D eigenvalue weighted by atomic mass is 10.1. The van der Waals surface area contributed by atoms with Gasteiger partial charge in [-0.25, -0.2) is 0 Å². The number of rotatable bonds is 5. The largest absolute Gasteiger partial charge is 0.461 e. The van der Waals surface area contributed by atoms with Gasteiger partial charge in [0.2, 0.25) is 10.9 Å². The summed E-state index contributed by atoms with van der Waals surface area (Å²) < 4.78 is 12.4. The summed E-state index contributed by atoms with van der Waals surface area (Å²) in [4.78, 5) is 0. The van der Waals surface area contributed by atoms with Crippen molar-refractivity contribution in [1.29, 1.82) is 0 Å². The topological polar surface area (TPSA) is 82.8 Å². The summed E-state index contributed by atoms with van der Waals surface area (Å²) in [7, 11) is 0. The molecule has 0 atom stereocenters. The average molecular weight is 353 g/mol. The van der Waals surface area contributed by atoms with Crippen LogP contribution in [0.15, 0.2) is 56.8 Å². The quantitative estimate of drug-likeness (QED) is 0.504. The second kappa shape index (κ2) is 6.56. The van der Waals surface area contributed by atoms with E-state index in [9.17, 15) is 0 Å². The zero-order valence-electron chi connectivity index (χ0n) is 13.7. The average Bonchev–Trinajstić information content (AvgIpc) is 3.36. The third-order valence-electron chi connectivity index (χ3n) is 3.92. The molecule has 0 spiro atoms. The van der Waals surface area contributed by atoms with E-state index in [0.29, 0.717) is 22.4 Å². The standard InChI is InChI=1S/C17H15N5O2S/c1-11-5-3-6-14(12(11)2)22-17(18-20-21-22)25-10-13-9-16(24-19-13)15-7-4-8-23-15/h3-9H,10H2,1-2H3. The van der Waals surface area contributed by atoms with Gasteiger partial charge in [0.15, 0.2) is 5.76 Å². The summed E-state index contributed by atoms with van der Waals surface area (Å²) in [5.41, 5.74) is 4.12. The minimum atomic E-state index is 0.593. The molecule has 0 bridgehead atoms. The summed E-state index contributed by atoms with van der Waals surface area (Å²) in [5.74, 6) is 1.86. The van der Waals surface area contributed by atoms with Gasteiger partial charge in [-0.05, 0) is 53.6 Å². The Morgan fingerprint density at radius 2 is 2.04 bits per heavy atom. The lowest BCUT2D eigenvalue weighted by molar-refractivity contribution is 0.413. The summed E-state index contributed by atoms with van der Waals surface area (Å²) in [6, 6.07) is 11.6. The maximum atomic E-state index is 5.31. The van der Waals surface area contributed by atoms with Crippen LogP contribution in [-0.4, -0.2) is 25.4 Å². The van der Waals surface area contributed by atoms with E-state index < -0.39 is 0 Å². The van der Waals surface area contributed by atoms with E-state index in [1.807, 2.05) is 30.3 Å². The van der Waals surface area contributed by atoms with Crippen molar-refractivity contribution < 1.29 is 8.94 Å². The molecule has 126 valence electrons. The molecule has 0 aliphatic heterocycles. The van der Waals surface area contributed by atoms with Crippen LogP contribution in [-0.2, 0) is 5.75 Å². The fraction of sp³-hybridized carbons (Fsp3) is 0.176. The van der Waals surface area contributed by atoms with Crippen LogP contribution < -0.4 is 0 Å². The number of aryl methyl sites for hydroxylation is 1. The summed E-state index contributed by atoms with van der Waals surface area (Å²) in [6.45, 7) is 4.13. The van der Waals surface area contributed by atoms with Gasteiger partial charge in [-0.3, -0.25) is 0 Å². The number of furan rings is 1. The number of hydrogen-bond acceptors (Lipinski definition) is 7. The number of nitrogens with zero attached hydrogens (tertiary/aromatic N) is 5. The van der Waals surface area contributed by atoms with E-state index >= 15 is 0 Å². The molecule has 7 nitrogen and oxygen atoms in total. The van der Waals surface area contributed by atoms with E-state index in [-0.39, 0.29) is 0 Å². The highest BCUT2D eigenvalue weighted by Crippen LogP contribution is 2.27. The third-order valence-corrected chi connectivity index (χ3v) is 4.87. The fourth-order valence-corrected chi connectivity index (χ4v) is 3.20. The predicted octanol–water partition coefficient (Wildman–Crippen LogP) is 3.82. The van der Waals surface area contributed by atoms with Gasteiger partial charge in [-0.2, -0.15) is 4.68 Å². The number of thioether (sulfide) groups is 1. The molecule has 0 aliphatic carbocycles. The van der Waals surface area contributed by atoms with Crippen molar-refractivity contribution in [2.75, 3.05) is 0 Å². The normalized spacial score (nSPS) is 11.1. The lowest BCUT2D eigenvalue weighted by Crippen LogP contribution is -2.02. The Labute approximate surface area is 148 Å². The van der Waals surface area contributed by atoms with E-state index in [1.165, 1.54) is 17.3 Å². The molecule has 0 N–H and O–H groups in total. The van der Waals surface area contributed by atoms with Crippen LogP contribution in [0.1, 0.15) is 16.8 Å². The molecule has 1 aromatic carbocycles. The molecule has 25 heavy (non-hydrogen) atoms. The van der Waals surface area contributed by atoms with E-state index in [0.717, 1.165) is 16.9 Å². The Morgan fingerprint density at radius 1 is 1.12 bits per heavy atom. The SMILES string of the molecule is Cc1cccc(-n2nnnc2SCc2cc(-c3ccco3)on2)c1C. The first-order chi connectivity index (χ1) is 12.2. The van der Waals surface area contributed by atoms with Crippen molar-refractivity contribution in [3.05, 3.63) is 59.5 Å². The molecule has 0 radical (unpaired) electrons. The van der Waals surface area contributed by atoms with Crippen molar-refractivity contribution in [1.82, 2.24) is 25.4 Å². The monoisotopic (exact) mass is 353 g/mol. The molecular weight excluding hydrogens is 338 g/mol. The molecule has 3 heterocycles. The molecule has 0 amide bonds. The maximum absolute atomic E-state index is 5.31. The highest BCUT2D eigenvalue weighted by atomic mass is 32.2. The van der Waals surface area contributed by atoms with Gasteiger partial charge in [0, 0.05) is 11.8 Å². The Hall–Kier alpha value is -2.87. The number of tetrazole rings is 1. The molecule has 3 aromatic heterocycles. The summed E-state index contributed by atoms with van der Waals surface area (Å²) >= 11 is 1.50. The summed E-state index contributed by atoms with van der Waals surface area (Å²) in [6.07, 6.45) is 1.60. The van der Waals surface area contributed by atoms with Crippen LogP contribution >= 0.6 is 11.8 Å². The van der Waals surface area contributed by atoms with Crippen molar-refractivity contribution in [3.63, 3.8) is 0 Å². The van der Waals surface area contributed by atoms with Gasteiger partial charge in [0.1, 0.15) is 0 Å².